The lowest BCUT2D eigenvalue weighted by Gasteiger charge is -2.13. The smallest absolute Gasteiger partial charge is 0.242 e. The zero-order valence-electron chi connectivity index (χ0n) is 11.5. The molecular formula is C14H17BrN4O. The van der Waals surface area contributed by atoms with Crippen LogP contribution in [-0.2, 0) is 0 Å². The second-order valence-electron chi connectivity index (χ2n) is 4.40. The molecule has 2 rings (SSSR count). The van der Waals surface area contributed by atoms with Gasteiger partial charge < -0.3 is 15.8 Å². The van der Waals surface area contributed by atoms with Gasteiger partial charge in [0.05, 0.1) is 12.3 Å². The predicted octanol–water partition coefficient (Wildman–Crippen LogP) is 3.66. The molecule has 6 heteroatoms. The number of nitrogen functional groups attached to an aromatic ring is 1. The first-order valence-corrected chi connectivity index (χ1v) is 7.17. The minimum Gasteiger partial charge on any atom is -0.476 e. The van der Waals surface area contributed by atoms with E-state index in [2.05, 4.69) is 31.2 Å². The normalized spacial score (nSPS) is 10.3. The van der Waals surface area contributed by atoms with Gasteiger partial charge in [0.1, 0.15) is 12.0 Å². The molecule has 0 atom stereocenters. The van der Waals surface area contributed by atoms with Gasteiger partial charge >= 0.3 is 0 Å². The largest absolute Gasteiger partial charge is 0.476 e. The van der Waals surface area contributed by atoms with Gasteiger partial charge in [-0.2, -0.15) is 4.98 Å². The molecule has 0 amide bonds. The van der Waals surface area contributed by atoms with E-state index in [1.807, 2.05) is 32.0 Å². The fraction of sp³-hybridized carbons (Fsp3) is 0.286. The summed E-state index contributed by atoms with van der Waals surface area (Å²) in [5, 5.41) is 3.20. The number of ether oxygens (including phenoxy) is 1. The first-order valence-electron chi connectivity index (χ1n) is 6.38. The molecule has 2 aromatic rings. The Morgan fingerprint density at radius 1 is 1.35 bits per heavy atom. The lowest BCUT2D eigenvalue weighted by Crippen LogP contribution is -2.06. The highest BCUT2D eigenvalue weighted by Crippen LogP contribution is 2.31. The molecule has 0 unspecified atom stereocenters. The fourth-order valence-electron chi connectivity index (χ4n) is 1.66. The van der Waals surface area contributed by atoms with Crippen LogP contribution in [0.4, 0.5) is 17.2 Å². The van der Waals surface area contributed by atoms with Gasteiger partial charge in [-0.15, -0.1) is 0 Å². The third-order valence-electron chi connectivity index (χ3n) is 2.67. The molecule has 0 radical (unpaired) electrons. The van der Waals surface area contributed by atoms with E-state index in [0.717, 1.165) is 22.1 Å². The summed E-state index contributed by atoms with van der Waals surface area (Å²) in [7, 11) is 0. The Labute approximate surface area is 126 Å². The van der Waals surface area contributed by atoms with Crippen molar-refractivity contribution >= 4 is 33.1 Å². The molecule has 1 heterocycles. The van der Waals surface area contributed by atoms with Crippen molar-refractivity contribution in [3.8, 4) is 5.88 Å². The summed E-state index contributed by atoms with van der Waals surface area (Å²) in [5.74, 6) is 0.950. The van der Waals surface area contributed by atoms with Gasteiger partial charge in [-0.3, -0.25) is 0 Å². The monoisotopic (exact) mass is 336 g/mol. The van der Waals surface area contributed by atoms with Crippen LogP contribution < -0.4 is 15.8 Å². The van der Waals surface area contributed by atoms with Crippen molar-refractivity contribution in [2.24, 2.45) is 0 Å². The maximum atomic E-state index is 6.03. The number of hydrogen-bond acceptors (Lipinski definition) is 5. The molecule has 0 saturated carbocycles. The Hall–Kier alpha value is -1.82. The van der Waals surface area contributed by atoms with E-state index in [1.165, 1.54) is 6.33 Å². The maximum absolute atomic E-state index is 6.03. The lowest BCUT2D eigenvalue weighted by atomic mass is 10.2. The van der Waals surface area contributed by atoms with Crippen molar-refractivity contribution in [1.29, 1.82) is 0 Å². The Bertz CT molecular complexity index is 604. The van der Waals surface area contributed by atoms with E-state index in [-0.39, 0.29) is 0 Å². The van der Waals surface area contributed by atoms with Gasteiger partial charge in [0, 0.05) is 4.47 Å². The number of halogens is 1. The Morgan fingerprint density at radius 2 is 2.15 bits per heavy atom. The average Bonchev–Trinajstić information content (AvgIpc) is 2.44. The van der Waals surface area contributed by atoms with Gasteiger partial charge in [0.15, 0.2) is 5.82 Å². The van der Waals surface area contributed by atoms with Crippen molar-refractivity contribution in [2.75, 3.05) is 17.7 Å². The van der Waals surface area contributed by atoms with Crippen LogP contribution in [0, 0.1) is 6.92 Å². The van der Waals surface area contributed by atoms with E-state index >= 15 is 0 Å². The summed E-state index contributed by atoms with van der Waals surface area (Å²) in [6, 6.07) is 6.01. The second-order valence-corrected chi connectivity index (χ2v) is 5.25. The van der Waals surface area contributed by atoms with E-state index in [1.54, 1.807) is 0 Å². The Balaban J connectivity index is 2.27. The van der Waals surface area contributed by atoms with Crippen LogP contribution in [0.25, 0.3) is 0 Å². The van der Waals surface area contributed by atoms with Gasteiger partial charge in [-0.25, -0.2) is 4.98 Å². The molecule has 0 aliphatic heterocycles. The maximum Gasteiger partial charge on any atom is 0.242 e. The van der Waals surface area contributed by atoms with E-state index in [0.29, 0.717) is 24.0 Å². The van der Waals surface area contributed by atoms with Crippen LogP contribution in [0.15, 0.2) is 29.0 Å². The molecular weight excluding hydrogens is 320 g/mol. The lowest BCUT2D eigenvalue weighted by molar-refractivity contribution is 0.307. The molecule has 1 aromatic heterocycles. The number of nitrogens with one attached hydrogen (secondary N) is 1. The highest BCUT2D eigenvalue weighted by molar-refractivity contribution is 9.10. The third-order valence-corrected chi connectivity index (χ3v) is 3.36. The standard InChI is InChI=1S/C14H17BrN4O/c1-3-6-20-14-12(16)13(17-8-18-14)19-11-7-9(2)4-5-10(11)15/h4-5,7-8H,3,6,16H2,1-2H3,(H,17,18,19). The van der Waals surface area contributed by atoms with Crippen LogP contribution in [0.3, 0.4) is 0 Å². The van der Waals surface area contributed by atoms with Crippen molar-refractivity contribution in [2.45, 2.75) is 20.3 Å². The SMILES string of the molecule is CCCOc1ncnc(Nc2cc(C)ccc2Br)c1N. The number of benzene rings is 1. The van der Waals surface area contributed by atoms with Gasteiger partial charge in [0.25, 0.3) is 0 Å². The molecule has 0 spiro atoms. The first kappa shape index (κ1) is 14.6. The van der Waals surface area contributed by atoms with Crippen LogP contribution in [0.1, 0.15) is 18.9 Å². The molecule has 0 aliphatic carbocycles. The Morgan fingerprint density at radius 3 is 2.90 bits per heavy atom. The predicted molar refractivity (Wildman–Crippen MR) is 84.4 cm³/mol. The summed E-state index contributed by atoms with van der Waals surface area (Å²) in [6.07, 6.45) is 2.34. The minimum atomic E-state index is 0.410. The number of nitrogens with zero attached hydrogens (tertiary/aromatic N) is 2. The van der Waals surface area contributed by atoms with E-state index < -0.39 is 0 Å². The average molecular weight is 337 g/mol. The van der Waals surface area contributed by atoms with Gasteiger partial charge in [0.2, 0.25) is 5.88 Å². The molecule has 1 aromatic carbocycles. The van der Waals surface area contributed by atoms with Crippen molar-refractivity contribution < 1.29 is 4.74 Å². The quantitative estimate of drug-likeness (QED) is 0.871. The molecule has 0 fully saturated rings. The number of aromatic nitrogens is 2. The summed E-state index contributed by atoms with van der Waals surface area (Å²) in [6.45, 7) is 4.63. The molecule has 0 bridgehead atoms. The summed E-state index contributed by atoms with van der Waals surface area (Å²) >= 11 is 3.49. The zero-order valence-corrected chi connectivity index (χ0v) is 13.1. The first-order chi connectivity index (χ1) is 9.61. The van der Waals surface area contributed by atoms with Crippen LogP contribution in [-0.4, -0.2) is 16.6 Å². The van der Waals surface area contributed by atoms with E-state index in [9.17, 15) is 0 Å². The molecule has 0 aliphatic rings. The molecule has 106 valence electrons. The van der Waals surface area contributed by atoms with Crippen LogP contribution >= 0.6 is 15.9 Å². The topological polar surface area (TPSA) is 73.1 Å². The van der Waals surface area contributed by atoms with Gasteiger partial charge in [-0.1, -0.05) is 13.0 Å². The highest BCUT2D eigenvalue weighted by Gasteiger charge is 2.10. The summed E-state index contributed by atoms with van der Waals surface area (Å²) in [4.78, 5) is 8.21. The van der Waals surface area contributed by atoms with Crippen molar-refractivity contribution in [1.82, 2.24) is 9.97 Å². The number of rotatable bonds is 5. The molecule has 5 nitrogen and oxygen atoms in total. The van der Waals surface area contributed by atoms with Crippen LogP contribution in [0.5, 0.6) is 5.88 Å². The minimum absolute atomic E-state index is 0.410. The fourth-order valence-corrected chi connectivity index (χ4v) is 2.00. The second kappa shape index (κ2) is 6.56. The number of aryl methyl sites for hydroxylation is 1. The van der Waals surface area contributed by atoms with Crippen LogP contribution in [0.2, 0.25) is 0 Å². The highest BCUT2D eigenvalue weighted by atomic mass is 79.9. The summed E-state index contributed by atoms with van der Waals surface area (Å²) in [5.41, 5.74) is 8.49. The number of anilines is 3. The number of nitrogens with two attached hydrogens (primary N) is 1. The van der Waals surface area contributed by atoms with Gasteiger partial charge in [-0.05, 0) is 47.0 Å². The summed E-state index contributed by atoms with van der Waals surface area (Å²) < 4.78 is 6.43. The number of hydrogen-bond donors (Lipinski definition) is 2. The van der Waals surface area contributed by atoms with Crippen molar-refractivity contribution in [3.05, 3.63) is 34.6 Å². The molecule has 0 saturated heterocycles. The third kappa shape index (κ3) is 3.39. The molecule has 3 N–H and O–H groups in total. The zero-order chi connectivity index (χ0) is 14.5. The van der Waals surface area contributed by atoms with E-state index in [4.69, 9.17) is 10.5 Å². The van der Waals surface area contributed by atoms with Crippen molar-refractivity contribution in [3.63, 3.8) is 0 Å². The Kier molecular flexibility index (Phi) is 4.79. The molecule has 20 heavy (non-hydrogen) atoms.